The number of aryl methyl sites for hydroxylation is 1. The first kappa shape index (κ1) is 15.5. The smallest absolute Gasteiger partial charge is 0.220 e. The van der Waals surface area contributed by atoms with E-state index in [9.17, 15) is 13.2 Å². The molecule has 0 spiro atoms. The summed E-state index contributed by atoms with van der Waals surface area (Å²) >= 11 is 1.75. The summed E-state index contributed by atoms with van der Waals surface area (Å²) in [4.78, 5) is 14.4. The second-order valence-corrected chi connectivity index (χ2v) is 9.26. The lowest BCUT2D eigenvalue weighted by Gasteiger charge is -2.14. The van der Waals surface area contributed by atoms with Gasteiger partial charge in [0.15, 0.2) is 9.84 Å². The van der Waals surface area contributed by atoms with Gasteiger partial charge in [0.25, 0.3) is 0 Å². The van der Waals surface area contributed by atoms with E-state index in [1.54, 1.807) is 11.3 Å². The van der Waals surface area contributed by atoms with E-state index in [-0.39, 0.29) is 29.4 Å². The van der Waals surface area contributed by atoms with Gasteiger partial charge in [-0.05, 0) is 38.3 Å². The minimum atomic E-state index is -2.89. The molecular formula is C14H21NO3S2. The summed E-state index contributed by atoms with van der Waals surface area (Å²) in [5.41, 5.74) is 0. The van der Waals surface area contributed by atoms with Crippen molar-refractivity contribution in [3.05, 3.63) is 21.9 Å². The highest BCUT2D eigenvalue weighted by atomic mass is 32.2. The Kier molecular flexibility index (Phi) is 4.86. The van der Waals surface area contributed by atoms with Crippen LogP contribution in [0.3, 0.4) is 0 Å². The molecular weight excluding hydrogens is 294 g/mol. The minimum absolute atomic E-state index is 0.00353. The zero-order chi connectivity index (χ0) is 14.8. The second kappa shape index (κ2) is 6.26. The first-order valence-corrected chi connectivity index (χ1v) is 9.53. The molecule has 0 bridgehead atoms. The molecule has 1 aliphatic heterocycles. The molecule has 0 radical (unpaired) electrons. The second-order valence-electron chi connectivity index (χ2n) is 5.66. The standard InChI is InChI=1S/C14H21NO3S2/c1-10(7-13-4-3-11(2)19-13)15-14(16)8-12-5-6-20(17,18)9-12/h3-4,10,12H,5-9H2,1-2H3,(H,15,16)/t10-,12-/m1/s1. The lowest BCUT2D eigenvalue weighted by atomic mass is 10.0. The molecule has 2 atom stereocenters. The minimum Gasteiger partial charge on any atom is -0.353 e. The third-order valence-electron chi connectivity index (χ3n) is 3.51. The fourth-order valence-electron chi connectivity index (χ4n) is 2.58. The molecule has 1 saturated heterocycles. The van der Waals surface area contributed by atoms with Crippen molar-refractivity contribution in [1.82, 2.24) is 5.32 Å². The maximum Gasteiger partial charge on any atom is 0.220 e. The molecule has 4 nitrogen and oxygen atoms in total. The Hall–Kier alpha value is -0.880. The van der Waals surface area contributed by atoms with E-state index in [1.807, 2.05) is 6.92 Å². The van der Waals surface area contributed by atoms with Gasteiger partial charge in [0.2, 0.25) is 5.91 Å². The summed E-state index contributed by atoms with van der Waals surface area (Å²) < 4.78 is 22.7. The molecule has 0 aromatic carbocycles. The molecule has 112 valence electrons. The van der Waals surface area contributed by atoms with E-state index >= 15 is 0 Å². The molecule has 1 aromatic heterocycles. The summed E-state index contributed by atoms with van der Waals surface area (Å²) in [5, 5.41) is 2.96. The summed E-state index contributed by atoms with van der Waals surface area (Å²) in [6, 6.07) is 4.25. The molecule has 2 rings (SSSR count). The number of amides is 1. The van der Waals surface area contributed by atoms with Crippen molar-refractivity contribution < 1.29 is 13.2 Å². The van der Waals surface area contributed by atoms with Crippen LogP contribution in [0.4, 0.5) is 0 Å². The number of carbonyl (C=O) groups excluding carboxylic acids is 1. The quantitative estimate of drug-likeness (QED) is 0.903. The van der Waals surface area contributed by atoms with Crippen molar-refractivity contribution in [1.29, 1.82) is 0 Å². The van der Waals surface area contributed by atoms with Gasteiger partial charge >= 0.3 is 0 Å². The average molecular weight is 315 g/mol. The Labute approximate surface area is 124 Å². The van der Waals surface area contributed by atoms with Crippen molar-refractivity contribution in [3.8, 4) is 0 Å². The largest absolute Gasteiger partial charge is 0.353 e. The lowest BCUT2D eigenvalue weighted by molar-refractivity contribution is -0.122. The number of carbonyl (C=O) groups is 1. The van der Waals surface area contributed by atoms with Crippen LogP contribution in [0.25, 0.3) is 0 Å². The number of sulfone groups is 1. The third-order valence-corrected chi connectivity index (χ3v) is 6.37. The number of hydrogen-bond donors (Lipinski definition) is 1. The van der Waals surface area contributed by atoms with Crippen LogP contribution < -0.4 is 5.32 Å². The number of rotatable bonds is 5. The highest BCUT2D eigenvalue weighted by molar-refractivity contribution is 7.91. The van der Waals surface area contributed by atoms with Gasteiger partial charge in [0.1, 0.15) is 0 Å². The first-order chi connectivity index (χ1) is 9.34. The maximum atomic E-state index is 11.9. The van der Waals surface area contributed by atoms with Crippen molar-refractivity contribution in [2.45, 2.75) is 39.2 Å². The van der Waals surface area contributed by atoms with Gasteiger partial charge in [-0.3, -0.25) is 4.79 Å². The fraction of sp³-hybridized carbons (Fsp3) is 0.643. The molecule has 0 saturated carbocycles. The summed E-state index contributed by atoms with van der Waals surface area (Å²) in [5.74, 6) is 0.359. The number of thiophene rings is 1. The Bertz CT molecular complexity index is 577. The summed E-state index contributed by atoms with van der Waals surface area (Å²) in [7, 11) is -2.89. The predicted octanol–water partition coefficient (Wildman–Crippen LogP) is 1.93. The van der Waals surface area contributed by atoms with E-state index < -0.39 is 9.84 Å². The molecule has 0 aliphatic carbocycles. The lowest BCUT2D eigenvalue weighted by Crippen LogP contribution is -2.35. The highest BCUT2D eigenvalue weighted by Crippen LogP contribution is 2.21. The molecule has 1 aliphatic rings. The molecule has 1 N–H and O–H groups in total. The van der Waals surface area contributed by atoms with Crippen LogP contribution in [0.2, 0.25) is 0 Å². The summed E-state index contributed by atoms with van der Waals surface area (Å²) in [6.45, 7) is 4.05. The predicted molar refractivity (Wildman–Crippen MR) is 81.7 cm³/mol. The Morgan fingerprint density at radius 1 is 1.50 bits per heavy atom. The van der Waals surface area contributed by atoms with Crippen LogP contribution in [0.15, 0.2) is 12.1 Å². The van der Waals surface area contributed by atoms with Crippen molar-refractivity contribution in [2.75, 3.05) is 11.5 Å². The van der Waals surface area contributed by atoms with Crippen LogP contribution in [-0.4, -0.2) is 31.9 Å². The van der Waals surface area contributed by atoms with Gasteiger partial charge in [-0.25, -0.2) is 8.42 Å². The average Bonchev–Trinajstić information content (AvgIpc) is 2.84. The SMILES string of the molecule is Cc1ccc(C[C@@H](C)NC(=O)C[C@H]2CCS(=O)(=O)C2)s1. The van der Waals surface area contributed by atoms with E-state index in [0.29, 0.717) is 12.8 Å². The van der Waals surface area contributed by atoms with E-state index in [1.165, 1.54) is 9.75 Å². The molecule has 20 heavy (non-hydrogen) atoms. The van der Waals surface area contributed by atoms with Gasteiger partial charge < -0.3 is 5.32 Å². The van der Waals surface area contributed by atoms with Crippen molar-refractivity contribution in [3.63, 3.8) is 0 Å². The topological polar surface area (TPSA) is 63.2 Å². The zero-order valence-electron chi connectivity index (χ0n) is 11.9. The van der Waals surface area contributed by atoms with E-state index in [2.05, 4.69) is 24.4 Å². The van der Waals surface area contributed by atoms with E-state index in [0.717, 1.165) is 6.42 Å². The van der Waals surface area contributed by atoms with Crippen LogP contribution in [0, 0.1) is 12.8 Å². The first-order valence-electron chi connectivity index (χ1n) is 6.89. The molecule has 1 fully saturated rings. The highest BCUT2D eigenvalue weighted by Gasteiger charge is 2.29. The van der Waals surface area contributed by atoms with Crippen molar-refractivity contribution >= 4 is 27.1 Å². The van der Waals surface area contributed by atoms with Gasteiger partial charge in [-0.15, -0.1) is 11.3 Å². The zero-order valence-corrected chi connectivity index (χ0v) is 13.5. The van der Waals surface area contributed by atoms with Crippen molar-refractivity contribution in [2.24, 2.45) is 5.92 Å². The van der Waals surface area contributed by atoms with Crippen LogP contribution in [0.1, 0.15) is 29.5 Å². The molecule has 0 unspecified atom stereocenters. The Balaban J connectivity index is 1.77. The molecule has 6 heteroatoms. The Morgan fingerprint density at radius 3 is 2.80 bits per heavy atom. The summed E-state index contributed by atoms with van der Waals surface area (Å²) in [6.07, 6.45) is 1.77. The Morgan fingerprint density at radius 2 is 2.25 bits per heavy atom. The maximum absolute atomic E-state index is 11.9. The van der Waals surface area contributed by atoms with Gasteiger partial charge in [0, 0.05) is 28.6 Å². The van der Waals surface area contributed by atoms with Crippen LogP contribution in [-0.2, 0) is 21.1 Å². The van der Waals surface area contributed by atoms with Crippen LogP contribution >= 0.6 is 11.3 Å². The molecule has 2 heterocycles. The fourth-order valence-corrected chi connectivity index (χ4v) is 5.46. The number of nitrogens with one attached hydrogen (secondary N) is 1. The number of hydrogen-bond acceptors (Lipinski definition) is 4. The monoisotopic (exact) mass is 315 g/mol. The van der Waals surface area contributed by atoms with E-state index in [4.69, 9.17) is 0 Å². The molecule has 1 aromatic rings. The van der Waals surface area contributed by atoms with Crippen LogP contribution in [0.5, 0.6) is 0 Å². The van der Waals surface area contributed by atoms with Gasteiger partial charge in [0.05, 0.1) is 11.5 Å². The molecule has 1 amide bonds. The van der Waals surface area contributed by atoms with Gasteiger partial charge in [-0.1, -0.05) is 0 Å². The third kappa shape index (κ3) is 4.59. The normalized spacial score (nSPS) is 22.6. The van der Waals surface area contributed by atoms with Gasteiger partial charge in [-0.2, -0.15) is 0 Å².